The van der Waals surface area contributed by atoms with Crippen LogP contribution in [0.4, 0.5) is 0 Å². The normalized spacial score (nSPS) is 12.6. The maximum atomic E-state index is 12.0. The maximum absolute atomic E-state index is 12.0. The number of hydrogen-bond acceptors (Lipinski definition) is 7. The Labute approximate surface area is 122 Å². The molecule has 0 spiro atoms. The van der Waals surface area contributed by atoms with Crippen molar-refractivity contribution in [1.29, 1.82) is 0 Å². The van der Waals surface area contributed by atoms with Gasteiger partial charge in [0.2, 0.25) is 11.4 Å². The lowest BCUT2D eigenvalue weighted by atomic mass is 9.96. The Morgan fingerprint density at radius 1 is 1.05 bits per heavy atom. The molecule has 0 heterocycles. The van der Waals surface area contributed by atoms with Crippen molar-refractivity contribution in [3.8, 4) is 0 Å². The van der Waals surface area contributed by atoms with E-state index in [1.807, 2.05) is 0 Å². The number of carbonyl (C=O) groups is 4. The highest BCUT2D eigenvalue weighted by atomic mass is 17.2. The van der Waals surface area contributed by atoms with Crippen molar-refractivity contribution in [2.75, 3.05) is 6.61 Å². The predicted molar refractivity (Wildman–Crippen MR) is 70.5 cm³/mol. The van der Waals surface area contributed by atoms with Crippen molar-refractivity contribution in [2.45, 2.75) is 39.7 Å². The van der Waals surface area contributed by atoms with Gasteiger partial charge in [0.25, 0.3) is 0 Å². The maximum Gasteiger partial charge on any atom is 0.392 e. The lowest BCUT2D eigenvalue weighted by Gasteiger charge is -2.27. The fourth-order valence-electron chi connectivity index (χ4n) is 1.34. The summed E-state index contributed by atoms with van der Waals surface area (Å²) in [5.74, 6) is -3.87. The van der Waals surface area contributed by atoms with Crippen molar-refractivity contribution < 1.29 is 33.7 Å². The number of rotatable bonds is 6. The lowest BCUT2D eigenvalue weighted by molar-refractivity contribution is -0.261. The predicted octanol–water partition coefficient (Wildman–Crippen LogP) is 0.412. The van der Waals surface area contributed by atoms with Crippen LogP contribution in [0.1, 0.15) is 34.1 Å². The molecule has 1 amide bonds. The molecule has 0 aliphatic heterocycles. The molecule has 0 radical (unpaired) electrons. The van der Waals surface area contributed by atoms with Crippen molar-refractivity contribution in [2.24, 2.45) is 0 Å². The van der Waals surface area contributed by atoms with E-state index in [9.17, 15) is 19.2 Å². The Hall–Kier alpha value is -2.38. The zero-order valence-corrected chi connectivity index (χ0v) is 12.5. The molecular weight excluding hydrogens is 282 g/mol. The molecule has 0 saturated heterocycles. The summed E-state index contributed by atoms with van der Waals surface area (Å²) in [6, 6.07) is 0. The molecule has 0 aliphatic rings. The minimum absolute atomic E-state index is 0.000519. The van der Waals surface area contributed by atoms with Crippen LogP contribution in [0.5, 0.6) is 0 Å². The van der Waals surface area contributed by atoms with Gasteiger partial charge in [-0.1, -0.05) is 13.5 Å². The summed E-state index contributed by atoms with van der Waals surface area (Å²) in [6.45, 7) is 8.78. The van der Waals surface area contributed by atoms with Gasteiger partial charge in [-0.15, -0.1) is 0 Å². The molecule has 0 aromatic rings. The molecule has 8 heteroatoms. The third kappa shape index (κ3) is 4.90. The average molecular weight is 301 g/mol. The quantitative estimate of drug-likeness (QED) is 0.249. The summed E-state index contributed by atoms with van der Waals surface area (Å²) in [7, 11) is 0. The fourth-order valence-corrected chi connectivity index (χ4v) is 1.34. The molecule has 0 saturated carbocycles. The van der Waals surface area contributed by atoms with Crippen LogP contribution in [0.2, 0.25) is 0 Å². The number of ether oxygens (including phenoxy) is 1. The number of carbonyl (C=O) groups excluding carboxylic acids is 4. The van der Waals surface area contributed by atoms with Crippen LogP contribution in [0.15, 0.2) is 12.2 Å². The largest absolute Gasteiger partial charge is 0.464 e. The molecule has 0 rings (SSSR count). The van der Waals surface area contributed by atoms with Gasteiger partial charge in [-0.3, -0.25) is 4.79 Å². The highest BCUT2D eigenvalue weighted by molar-refractivity contribution is 6.07. The van der Waals surface area contributed by atoms with Crippen LogP contribution in [-0.2, 0) is 33.7 Å². The van der Waals surface area contributed by atoms with Gasteiger partial charge in [0.05, 0.1) is 6.61 Å². The van der Waals surface area contributed by atoms with Gasteiger partial charge >= 0.3 is 17.9 Å². The van der Waals surface area contributed by atoms with Gasteiger partial charge in [0, 0.05) is 12.5 Å². The van der Waals surface area contributed by atoms with Crippen molar-refractivity contribution in [3.05, 3.63) is 12.2 Å². The summed E-state index contributed by atoms with van der Waals surface area (Å²) in [5.41, 5.74) is -2.07. The molecule has 1 unspecified atom stereocenters. The third-order valence-electron chi connectivity index (χ3n) is 2.43. The number of esters is 1. The van der Waals surface area contributed by atoms with Crippen LogP contribution in [0.3, 0.4) is 0 Å². The highest BCUT2D eigenvalue weighted by Crippen LogP contribution is 2.16. The van der Waals surface area contributed by atoms with E-state index in [4.69, 9.17) is 4.74 Å². The first-order valence-corrected chi connectivity index (χ1v) is 6.26. The molecule has 0 aromatic heterocycles. The molecule has 0 aromatic carbocycles. The highest BCUT2D eigenvalue weighted by Gasteiger charge is 2.50. The molecule has 1 N–H and O–H groups in total. The summed E-state index contributed by atoms with van der Waals surface area (Å²) in [6.07, 6.45) is -0.144. The van der Waals surface area contributed by atoms with E-state index in [1.54, 1.807) is 6.92 Å². The molecule has 1 atom stereocenters. The van der Waals surface area contributed by atoms with Crippen LogP contribution in [0, 0.1) is 0 Å². The second kappa shape index (κ2) is 8.03. The van der Waals surface area contributed by atoms with Gasteiger partial charge in [-0.05, 0) is 20.3 Å². The molecule has 0 aliphatic carbocycles. The SMILES string of the molecule is C=C(C)C(=O)OOC(=O)C(CC)(NC(C)=O)C(=O)OCC. The minimum atomic E-state index is -2.07. The molecule has 8 nitrogen and oxygen atoms in total. The van der Waals surface area contributed by atoms with Crippen molar-refractivity contribution in [1.82, 2.24) is 5.32 Å². The second-order valence-electron chi connectivity index (χ2n) is 4.18. The van der Waals surface area contributed by atoms with Gasteiger partial charge in [-0.25, -0.2) is 24.2 Å². The van der Waals surface area contributed by atoms with E-state index in [-0.39, 0.29) is 18.6 Å². The standard InChI is InChI=1S/C13H19NO7/c1-6-13(14-9(5)15,11(17)19-7-2)12(18)21-20-10(16)8(3)4/h3,6-7H2,1-2,4-5H3,(H,14,15). The first-order chi connectivity index (χ1) is 9.71. The van der Waals surface area contributed by atoms with Crippen LogP contribution in [0.25, 0.3) is 0 Å². The van der Waals surface area contributed by atoms with Crippen molar-refractivity contribution in [3.63, 3.8) is 0 Å². The molecule has 0 bridgehead atoms. The van der Waals surface area contributed by atoms with E-state index < -0.39 is 29.4 Å². The molecule has 0 fully saturated rings. The third-order valence-corrected chi connectivity index (χ3v) is 2.43. The van der Waals surface area contributed by atoms with E-state index >= 15 is 0 Å². The van der Waals surface area contributed by atoms with Gasteiger partial charge in [0.1, 0.15) is 0 Å². The Morgan fingerprint density at radius 3 is 2.00 bits per heavy atom. The summed E-state index contributed by atoms with van der Waals surface area (Å²) in [5, 5.41) is 2.18. The zero-order chi connectivity index (χ0) is 16.6. The van der Waals surface area contributed by atoms with Crippen molar-refractivity contribution >= 4 is 23.8 Å². The first kappa shape index (κ1) is 18.6. The molecule has 21 heavy (non-hydrogen) atoms. The van der Waals surface area contributed by atoms with Crippen LogP contribution < -0.4 is 5.32 Å². The van der Waals surface area contributed by atoms with E-state index in [1.165, 1.54) is 13.8 Å². The topological polar surface area (TPSA) is 108 Å². The fraction of sp³-hybridized carbons (Fsp3) is 0.538. The summed E-state index contributed by atoms with van der Waals surface area (Å²) in [4.78, 5) is 55.0. The van der Waals surface area contributed by atoms with E-state index in [0.29, 0.717) is 0 Å². The van der Waals surface area contributed by atoms with E-state index in [2.05, 4.69) is 21.7 Å². The second-order valence-corrected chi connectivity index (χ2v) is 4.18. The lowest BCUT2D eigenvalue weighted by Crippen LogP contribution is -2.60. The average Bonchev–Trinajstić information content (AvgIpc) is 2.41. The summed E-state index contributed by atoms with van der Waals surface area (Å²) >= 11 is 0. The Kier molecular flexibility index (Phi) is 7.12. The Balaban J connectivity index is 5.22. The minimum Gasteiger partial charge on any atom is -0.464 e. The van der Waals surface area contributed by atoms with Gasteiger partial charge < -0.3 is 10.1 Å². The molecular formula is C13H19NO7. The Morgan fingerprint density at radius 2 is 1.62 bits per heavy atom. The van der Waals surface area contributed by atoms with Crippen LogP contribution >= 0.6 is 0 Å². The zero-order valence-electron chi connectivity index (χ0n) is 12.5. The van der Waals surface area contributed by atoms with Gasteiger partial charge in [0.15, 0.2) is 0 Å². The number of amides is 1. The monoisotopic (exact) mass is 301 g/mol. The number of nitrogens with one attached hydrogen (secondary N) is 1. The van der Waals surface area contributed by atoms with Gasteiger partial charge in [-0.2, -0.15) is 0 Å². The van der Waals surface area contributed by atoms with E-state index in [0.717, 1.165) is 6.92 Å². The first-order valence-electron chi connectivity index (χ1n) is 6.26. The Bertz CT molecular complexity index is 457. The smallest absolute Gasteiger partial charge is 0.392 e. The van der Waals surface area contributed by atoms with Crippen LogP contribution in [-0.4, -0.2) is 36.0 Å². The summed E-state index contributed by atoms with van der Waals surface area (Å²) < 4.78 is 4.76. The number of hydrogen-bond donors (Lipinski definition) is 1. The molecule has 118 valence electrons.